The lowest BCUT2D eigenvalue weighted by Crippen LogP contribution is -1.85. The summed E-state index contributed by atoms with van der Waals surface area (Å²) in [6, 6.07) is 9.23. The van der Waals surface area contributed by atoms with Crippen molar-refractivity contribution >= 4 is 28.7 Å². The van der Waals surface area contributed by atoms with Crippen LogP contribution >= 0.6 is 11.6 Å². The zero-order valence-electron chi connectivity index (χ0n) is 10.5. The average Bonchev–Trinajstić information content (AvgIpc) is 2.76. The van der Waals surface area contributed by atoms with Crippen LogP contribution in [0.5, 0.6) is 5.88 Å². The third-order valence-corrected chi connectivity index (χ3v) is 3.23. The van der Waals surface area contributed by atoms with Crippen LogP contribution in [-0.4, -0.2) is 21.3 Å². The van der Waals surface area contributed by atoms with Crippen molar-refractivity contribution in [1.82, 2.24) is 9.97 Å². The van der Waals surface area contributed by atoms with Gasteiger partial charge in [-0.1, -0.05) is 17.7 Å². The molecule has 2 heterocycles. The van der Waals surface area contributed by atoms with Crippen molar-refractivity contribution in [1.29, 1.82) is 0 Å². The summed E-state index contributed by atoms with van der Waals surface area (Å²) in [5, 5.41) is 11.4. The maximum atomic E-state index is 9.92. The summed E-state index contributed by atoms with van der Waals surface area (Å²) in [5.74, 6) is 0.0946. The van der Waals surface area contributed by atoms with Crippen LogP contribution in [0, 0.1) is 0 Å². The van der Waals surface area contributed by atoms with Crippen LogP contribution in [0.1, 0.15) is 11.1 Å². The van der Waals surface area contributed by atoms with Crippen molar-refractivity contribution in [3.8, 4) is 5.88 Å². The van der Waals surface area contributed by atoms with Crippen LogP contribution < -0.4 is 0 Å². The highest BCUT2D eigenvalue weighted by molar-refractivity contribution is 6.31. The minimum absolute atomic E-state index is 0.0946. The first-order chi connectivity index (χ1) is 9.74. The topological polar surface area (TPSA) is 61.3 Å². The lowest BCUT2D eigenvalue weighted by atomic mass is 10.2. The largest absolute Gasteiger partial charge is 0.494 e. The second-order valence-electron chi connectivity index (χ2n) is 4.41. The fourth-order valence-electron chi connectivity index (χ4n) is 2.04. The smallest absolute Gasteiger partial charge is 0.198 e. The van der Waals surface area contributed by atoms with Gasteiger partial charge in [-0.15, -0.1) is 0 Å². The van der Waals surface area contributed by atoms with Gasteiger partial charge in [0.2, 0.25) is 0 Å². The molecule has 0 saturated heterocycles. The molecular formula is C15H12ClN3O. The minimum atomic E-state index is 0.0946. The van der Waals surface area contributed by atoms with Gasteiger partial charge in [0.25, 0.3) is 0 Å². The Morgan fingerprint density at radius 1 is 1.35 bits per heavy atom. The molecule has 100 valence electrons. The fraction of sp³-hybridized carbons (Fsp3) is 0.0667. The van der Waals surface area contributed by atoms with Crippen molar-refractivity contribution in [2.75, 3.05) is 0 Å². The molecule has 0 amide bonds. The third kappa shape index (κ3) is 2.51. The number of H-pyrrole nitrogens is 1. The van der Waals surface area contributed by atoms with Crippen LogP contribution in [0.3, 0.4) is 0 Å². The predicted molar refractivity (Wildman–Crippen MR) is 80.5 cm³/mol. The zero-order chi connectivity index (χ0) is 13.9. The standard InChI is InChI=1S/C15H12ClN3O/c16-11-3-4-14-12(6-11)13(15(20)19-14)9-18-8-10-2-1-5-17-7-10/h1-7,9,19-20H,8H2. The van der Waals surface area contributed by atoms with Gasteiger partial charge in [0.1, 0.15) is 0 Å². The number of aromatic amines is 1. The van der Waals surface area contributed by atoms with Crippen LogP contribution in [0.2, 0.25) is 5.02 Å². The monoisotopic (exact) mass is 285 g/mol. The van der Waals surface area contributed by atoms with E-state index >= 15 is 0 Å². The summed E-state index contributed by atoms with van der Waals surface area (Å²) >= 11 is 5.98. The maximum Gasteiger partial charge on any atom is 0.198 e. The van der Waals surface area contributed by atoms with Crippen LogP contribution in [0.15, 0.2) is 47.7 Å². The van der Waals surface area contributed by atoms with Gasteiger partial charge in [-0.2, -0.15) is 0 Å². The lowest BCUT2D eigenvalue weighted by Gasteiger charge is -1.95. The highest BCUT2D eigenvalue weighted by atomic mass is 35.5. The molecule has 0 atom stereocenters. The van der Waals surface area contributed by atoms with E-state index in [-0.39, 0.29) is 5.88 Å². The van der Waals surface area contributed by atoms with Crippen molar-refractivity contribution in [3.63, 3.8) is 0 Å². The molecule has 0 spiro atoms. The van der Waals surface area contributed by atoms with Crippen molar-refractivity contribution < 1.29 is 5.11 Å². The predicted octanol–water partition coefficient (Wildman–Crippen LogP) is 3.54. The van der Waals surface area contributed by atoms with Gasteiger partial charge in [-0.05, 0) is 29.8 Å². The summed E-state index contributed by atoms with van der Waals surface area (Å²) in [4.78, 5) is 11.3. The number of rotatable bonds is 3. The SMILES string of the molecule is Oc1[nH]c2ccc(Cl)cc2c1C=NCc1cccnc1. The molecule has 0 fully saturated rings. The van der Waals surface area contributed by atoms with E-state index in [1.165, 1.54) is 0 Å². The number of aromatic nitrogens is 2. The Morgan fingerprint density at radius 3 is 3.05 bits per heavy atom. The number of pyridine rings is 1. The Balaban J connectivity index is 1.90. The Labute approximate surface area is 120 Å². The van der Waals surface area contributed by atoms with Gasteiger partial charge in [0, 0.05) is 34.5 Å². The first-order valence-electron chi connectivity index (χ1n) is 6.13. The second kappa shape index (κ2) is 5.35. The Kier molecular flexibility index (Phi) is 3.39. The minimum Gasteiger partial charge on any atom is -0.494 e. The number of benzene rings is 1. The molecule has 5 heteroatoms. The lowest BCUT2D eigenvalue weighted by molar-refractivity contribution is 0.457. The Morgan fingerprint density at radius 2 is 2.25 bits per heavy atom. The van der Waals surface area contributed by atoms with Gasteiger partial charge < -0.3 is 10.1 Å². The number of nitrogens with one attached hydrogen (secondary N) is 1. The van der Waals surface area contributed by atoms with Crippen molar-refractivity contribution in [2.45, 2.75) is 6.54 Å². The molecule has 0 unspecified atom stereocenters. The van der Waals surface area contributed by atoms with Crippen LogP contribution in [0.4, 0.5) is 0 Å². The number of hydrogen-bond acceptors (Lipinski definition) is 3. The van der Waals surface area contributed by atoms with Gasteiger partial charge >= 0.3 is 0 Å². The highest BCUT2D eigenvalue weighted by Crippen LogP contribution is 2.28. The molecule has 4 nitrogen and oxygen atoms in total. The summed E-state index contributed by atoms with van der Waals surface area (Å²) in [6.07, 6.45) is 5.14. The molecule has 20 heavy (non-hydrogen) atoms. The number of hydrogen-bond donors (Lipinski definition) is 2. The van der Waals surface area contributed by atoms with E-state index in [4.69, 9.17) is 11.6 Å². The van der Waals surface area contributed by atoms with Gasteiger partial charge in [0.05, 0.1) is 12.1 Å². The molecule has 3 aromatic rings. The molecule has 0 aliphatic heterocycles. The highest BCUT2D eigenvalue weighted by Gasteiger charge is 2.08. The van der Waals surface area contributed by atoms with Crippen LogP contribution in [-0.2, 0) is 6.54 Å². The van der Waals surface area contributed by atoms with E-state index < -0.39 is 0 Å². The normalized spacial score (nSPS) is 11.4. The van der Waals surface area contributed by atoms with Gasteiger partial charge in [-0.25, -0.2) is 0 Å². The molecule has 1 aromatic carbocycles. The molecule has 0 saturated carbocycles. The zero-order valence-corrected chi connectivity index (χ0v) is 11.3. The van der Waals surface area contributed by atoms with E-state index in [1.54, 1.807) is 30.7 Å². The maximum absolute atomic E-state index is 9.92. The average molecular weight is 286 g/mol. The molecule has 3 rings (SSSR count). The Hall–Kier alpha value is -2.33. The first kappa shape index (κ1) is 12.7. The first-order valence-corrected chi connectivity index (χ1v) is 6.51. The molecular weight excluding hydrogens is 274 g/mol. The van der Waals surface area contributed by atoms with Gasteiger partial charge in [-0.3, -0.25) is 9.98 Å². The molecule has 0 bridgehead atoms. The summed E-state index contributed by atoms with van der Waals surface area (Å²) < 4.78 is 0. The quantitative estimate of drug-likeness (QED) is 0.723. The Bertz CT molecular complexity index is 765. The van der Waals surface area contributed by atoms with Crippen molar-refractivity contribution in [3.05, 3.63) is 58.9 Å². The second-order valence-corrected chi connectivity index (χ2v) is 4.84. The fourth-order valence-corrected chi connectivity index (χ4v) is 2.21. The number of nitrogens with zero attached hydrogens (tertiary/aromatic N) is 2. The number of aliphatic imine (C=N–C) groups is 1. The number of aromatic hydroxyl groups is 1. The van der Waals surface area contributed by atoms with Gasteiger partial charge in [0.15, 0.2) is 5.88 Å². The summed E-state index contributed by atoms with van der Waals surface area (Å²) in [6.45, 7) is 0.514. The number of halogens is 1. The molecule has 0 radical (unpaired) electrons. The molecule has 2 N–H and O–H groups in total. The van der Waals surface area contributed by atoms with E-state index in [2.05, 4.69) is 15.0 Å². The van der Waals surface area contributed by atoms with Crippen LogP contribution in [0.25, 0.3) is 10.9 Å². The van der Waals surface area contributed by atoms with E-state index in [1.807, 2.05) is 18.2 Å². The third-order valence-electron chi connectivity index (χ3n) is 3.00. The number of fused-ring (bicyclic) bond motifs is 1. The summed E-state index contributed by atoms with van der Waals surface area (Å²) in [5.41, 5.74) is 2.49. The summed E-state index contributed by atoms with van der Waals surface area (Å²) in [7, 11) is 0. The van der Waals surface area contributed by atoms with E-state index in [0.717, 1.165) is 16.5 Å². The molecule has 2 aromatic heterocycles. The van der Waals surface area contributed by atoms with Crippen molar-refractivity contribution in [2.24, 2.45) is 4.99 Å². The molecule has 0 aliphatic carbocycles. The van der Waals surface area contributed by atoms with E-state index in [0.29, 0.717) is 17.1 Å². The van der Waals surface area contributed by atoms with E-state index in [9.17, 15) is 5.11 Å². The molecule has 0 aliphatic rings.